The third-order valence-corrected chi connectivity index (χ3v) is 5.50. The summed E-state index contributed by atoms with van der Waals surface area (Å²) in [6.07, 6.45) is -2.87. The van der Waals surface area contributed by atoms with Crippen LogP contribution in [0.2, 0.25) is 0 Å². The van der Waals surface area contributed by atoms with Crippen molar-refractivity contribution in [1.29, 1.82) is 0 Å². The second-order valence-corrected chi connectivity index (χ2v) is 7.51. The van der Waals surface area contributed by atoms with E-state index in [2.05, 4.69) is 10.6 Å². The maximum atomic E-state index is 13.2. The minimum absolute atomic E-state index is 0.0835. The third-order valence-electron chi connectivity index (χ3n) is 5.50. The van der Waals surface area contributed by atoms with Gasteiger partial charge in [-0.15, -0.1) is 0 Å². The minimum Gasteiger partial charge on any atom is -0.456 e. The number of piperazine rings is 1. The summed E-state index contributed by atoms with van der Waals surface area (Å²) in [6.45, 7) is 4.02. The van der Waals surface area contributed by atoms with Crippen LogP contribution in [0.4, 0.5) is 24.5 Å². The van der Waals surface area contributed by atoms with E-state index in [0.29, 0.717) is 37.8 Å². The van der Waals surface area contributed by atoms with Gasteiger partial charge in [0, 0.05) is 45.3 Å². The summed E-state index contributed by atoms with van der Waals surface area (Å²) in [6, 6.07) is 6.77. The molecule has 1 aromatic heterocycles. The molecule has 2 aliphatic heterocycles. The SMILES string of the molecule is O=C(Nc1cc(C(F)(F)F)ccc1N1CCNCC1)c1ccc(C2CCOCC2)o1. The van der Waals surface area contributed by atoms with Crippen LogP contribution in [0.15, 0.2) is 34.7 Å². The Kier molecular flexibility index (Phi) is 6.01. The average molecular weight is 423 g/mol. The van der Waals surface area contributed by atoms with Gasteiger partial charge in [-0.2, -0.15) is 13.2 Å². The topological polar surface area (TPSA) is 66.7 Å². The van der Waals surface area contributed by atoms with E-state index >= 15 is 0 Å². The minimum atomic E-state index is -4.50. The van der Waals surface area contributed by atoms with Crippen LogP contribution in [0, 0.1) is 0 Å². The molecule has 9 heteroatoms. The molecule has 0 unspecified atom stereocenters. The number of ether oxygens (including phenoxy) is 1. The summed E-state index contributed by atoms with van der Waals surface area (Å²) in [4.78, 5) is 14.7. The van der Waals surface area contributed by atoms with Crippen molar-refractivity contribution in [1.82, 2.24) is 5.32 Å². The number of carbonyl (C=O) groups is 1. The van der Waals surface area contributed by atoms with Crippen molar-refractivity contribution < 1.29 is 27.1 Å². The second-order valence-electron chi connectivity index (χ2n) is 7.51. The molecule has 3 heterocycles. The molecule has 0 spiro atoms. The average Bonchev–Trinajstić information content (AvgIpc) is 3.25. The Balaban J connectivity index is 1.57. The van der Waals surface area contributed by atoms with E-state index in [1.54, 1.807) is 12.1 Å². The first kappa shape index (κ1) is 20.7. The van der Waals surface area contributed by atoms with E-state index in [9.17, 15) is 18.0 Å². The van der Waals surface area contributed by atoms with E-state index in [-0.39, 0.29) is 17.4 Å². The molecule has 0 aliphatic carbocycles. The first-order valence-corrected chi connectivity index (χ1v) is 10.1. The Morgan fingerprint density at radius 3 is 2.53 bits per heavy atom. The molecule has 0 radical (unpaired) electrons. The second kappa shape index (κ2) is 8.69. The van der Waals surface area contributed by atoms with Crippen LogP contribution in [-0.4, -0.2) is 45.3 Å². The lowest BCUT2D eigenvalue weighted by molar-refractivity contribution is -0.137. The molecule has 6 nitrogen and oxygen atoms in total. The highest BCUT2D eigenvalue weighted by Crippen LogP contribution is 2.36. The van der Waals surface area contributed by atoms with Gasteiger partial charge in [0.2, 0.25) is 0 Å². The molecule has 4 rings (SSSR count). The van der Waals surface area contributed by atoms with Gasteiger partial charge in [-0.25, -0.2) is 0 Å². The summed E-state index contributed by atoms with van der Waals surface area (Å²) >= 11 is 0. The summed E-state index contributed by atoms with van der Waals surface area (Å²) in [7, 11) is 0. The van der Waals surface area contributed by atoms with Crippen molar-refractivity contribution in [3.8, 4) is 0 Å². The summed E-state index contributed by atoms with van der Waals surface area (Å²) < 4.78 is 50.8. The zero-order valence-corrected chi connectivity index (χ0v) is 16.4. The number of carbonyl (C=O) groups excluding carboxylic acids is 1. The Labute approximate surface area is 172 Å². The zero-order chi connectivity index (χ0) is 21.1. The molecule has 2 saturated heterocycles. The van der Waals surface area contributed by atoms with Crippen molar-refractivity contribution in [2.75, 3.05) is 49.6 Å². The van der Waals surface area contributed by atoms with Crippen LogP contribution in [0.1, 0.15) is 40.6 Å². The van der Waals surface area contributed by atoms with E-state index in [1.165, 1.54) is 6.07 Å². The molecule has 1 amide bonds. The fraction of sp³-hybridized carbons (Fsp3) is 0.476. The van der Waals surface area contributed by atoms with Crippen molar-refractivity contribution in [3.05, 3.63) is 47.4 Å². The van der Waals surface area contributed by atoms with Gasteiger partial charge < -0.3 is 24.7 Å². The number of halogens is 3. The standard InChI is InChI=1S/C21H24F3N3O3/c22-21(23,24)15-1-2-17(27-9-7-25-8-10-27)16(13-15)26-20(28)19-4-3-18(30-19)14-5-11-29-12-6-14/h1-4,13-14,25H,5-12H2,(H,26,28). The lowest BCUT2D eigenvalue weighted by Crippen LogP contribution is -2.43. The van der Waals surface area contributed by atoms with Gasteiger partial charge in [0.15, 0.2) is 5.76 Å². The van der Waals surface area contributed by atoms with Crippen molar-refractivity contribution >= 4 is 17.3 Å². The maximum Gasteiger partial charge on any atom is 0.416 e. The van der Waals surface area contributed by atoms with Gasteiger partial charge in [0.1, 0.15) is 5.76 Å². The van der Waals surface area contributed by atoms with Crippen LogP contribution in [0.3, 0.4) is 0 Å². The summed E-state index contributed by atoms with van der Waals surface area (Å²) in [5.41, 5.74) is -0.117. The van der Waals surface area contributed by atoms with E-state index in [1.807, 2.05) is 4.90 Å². The molecule has 162 valence electrons. The van der Waals surface area contributed by atoms with Crippen LogP contribution in [0.25, 0.3) is 0 Å². The molecule has 0 bridgehead atoms. The molecule has 2 N–H and O–H groups in total. The quantitative estimate of drug-likeness (QED) is 0.782. The van der Waals surface area contributed by atoms with Gasteiger partial charge in [-0.05, 0) is 43.2 Å². The van der Waals surface area contributed by atoms with Crippen LogP contribution >= 0.6 is 0 Å². The molecule has 30 heavy (non-hydrogen) atoms. The largest absolute Gasteiger partial charge is 0.456 e. The molecule has 2 fully saturated rings. The number of hydrogen-bond acceptors (Lipinski definition) is 5. The number of nitrogens with zero attached hydrogens (tertiary/aromatic N) is 1. The Morgan fingerprint density at radius 1 is 1.10 bits per heavy atom. The Morgan fingerprint density at radius 2 is 1.83 bits per heavy atom. The van der Waals surface area contributed by atoms with Gasteiger partial charge in [-0.3, -0.25) is 4.79 Å². The highest BCUT2D eigenvalue weighted by Gasteiger charge is 2.32. The predicted molar refractivity (Wildman–Crippen MR) is 106 cm³/mol. The highest BCUT2D eigenvalue weighted by atomic mass is 19.4. The van der Waals surface area contributed by atoms with E-state index < -0.39 is 17.6 Å². The third kappa shape index (κ3) is 4.62. The van der Waals surface area contributed by atoms with Crippen LogP contribution < -0.4 is 15.5 Å². The fourth-order valence-electron chi connectivity index (χ4n) is 3.85. The monoisotopic (exact) mass is 423 g/mol. The number of anilines is 2. The molecular weight excluding hydrogens is 399 g/mol. The van der Waals surface area contributed by atoms with E-state index in [0.717, 1.165) is 38.1 Å². The van der Waals surface area contributed by atoms with Crippen LogP contribution in [-0.2, 0) is 10.9 Å². The Hall–Kier alpha value is -2.52. The fourth-order valence-corrected chi connectivity index (χ4v) is 3.85. The number of rotatable bonds is 4. The van der Waals surface area contributed by atoms with Gasteiger partial charge >= 0.3 is 6.18 Å². The van der Waals surface area contributed by atoms with Crippen LogP contribution in [0.5, 0.6) is 0 Å². The van der Waals surface area contributed by atoms with Gasteiger partial charge in [0.25, 0.3) is 5.91 Å². The number of benzene rings is 1. The first-order valence-electron chi connectivity index (χ1n) is 10.1. The number of hydrogen-bond donors (Lipinski definition) is 2. The molecular formula is C21H24F3N3O3. The zero-order valence-electron chi connectivity index (χ0n) is 16.4. The smallest absolute Gasteiger partial charge is 0.416 e. The summed E-state index contributed by atoms with van der Waals surface area (Å²) in [5.74, 6) is 0.407. The number of nitrogens with one attached hydrogen (secondary N) is 2. The van der Waals surface area contributed by atoms with E-state index in [4.69, 9.17) is 9.15 Å². The Bertz CT molecular complexity index is 885. The molecule has 0 atom stereocenters. The van der Waals surface area contributed by atoms with Gasteiger partial charge in [0.05, 0.1) is 16.9 Å². The first-order chi connectivity index (χ1) is 14.4. The number of alkyl halides is 3. The number of furan rings is 1. The van der Waals surface area contributed by atoms with Crippen molar-refractivity contribution in [3.63, 3.8) is 0 Å². The molecule has 2 aromatic rings. The maximum absolute atomic E-state index is 13.2. The van der Waals surface area contributed by atoms with Crippen molar-refractivity contribution in [2.24, 2.45) is 0 Å². The highest BCUT2D eigenvalue weighted by molar-refractivity contribution is 6.04. The normalized spacial score (nSPS) is 18.4. The lowest BCUT2D eigenvalue weighted by atomic mass is 9.98. The molecule has 1 aromatic carbocycles. The van der Waals surface area contributed by atoms with Gasteiger partial charge in [-0.1, -0.05) is 0 Å². The molecule has 2 aliphatic rings. The lowest BCUT2D eigenvalue weighted by Gasteiger charge is -2.31. The molecule has 0 saturated carbocycles. The number of amides is 1. The van der Waals surface area contributed by atoms with Crippen molar-refractivity contribution in [2.45, 2.75) is 24.9 Å². The predicted octanol–water partition coefficient (Wildman–Crippen LogP) is 3.85. The summed E-state index contributed by atoms with van der Waals surface area (Å²) in [5, 5.41) is 5.84.